The molecule has 108 valence electrons. The van der Waals surface area contributed by atoms with Gasteiger partial charge < -0.3 is 9.84 Å². The second-order valence-corrected chi connectivity index (χ2v) is 5.95. The summed E-state index contributed by atoms with van der Waals surface area (Å²) in [6, 6.07) is 7.93. The molecular weight excluding hydrogens is 272 g/mol. The number of benzene rings is 1. The molecule has 1 aromatic heterocycles. The zero-order chi connectivity index (χ0) is 14.5. The van der Waals surface area contributed by atoms with Crippen molar-refractivity contribution in [1.29, 1.82) is 0 Å². The maximum atomic E-state index is 9.91. The summed E-state index contributed by atoms with van der Waals surface area (Å²) in [6.45, 7) is 6.16. The van der Waals surface area contributed by atoms with E-state index in [9.17, 15) is 5.11 Å². The number of hydrogen-bond acceptors (Lipinski definition) is 5. The summed E-state index contributed by atoms with van der Waals surface area (Å²) in [4.78, 5) is 8.88. The Balaban J connectivity index is 2.06. The minimum Gasteiger partial charge on any atom is -0.390 e. The van der Waals surface area contributed by atoms with E-state index in [1.54, 1.807) is 11.8 Å². The highest BCUT2D eigenvalue weighted by molar-refractivity contribution is 7.99. The van der Waals surface area contributed by atoms with Gasteiger partial charge in [-0.25, -0.2) is 9.97 Å². The first-order valence-electron chi connectivity index (χ1n) is 6.72. The van der Waals surface area contributed by atoms with Crippen LogP contribution in [0.15, 0.2) is 29.3 Å². The molecule has 5 heteroatoms. The summed E-state index contributed by atoms with van der Waals surface area (Å²) < 4.78 is 5.41. The van der Waals surface area contributed by atoms with Gasteiger partial charge in [0.2, 0.25) is 0 Å². The second kappa shape index (κ2) is 7.02. The summed E-state index contributed by atoms with van der Waals surface area (Å²) in [7, 11) is 0. The highest BCUT2D eigenvalue weighted by atomic mass is 32.2. The average molecular weight is 292 g/mol. The molecule has 1 N–H and O–H groups in total. The first kappa shape index (κ1) is 15.2. The molecule has 1 unspecified atom stereocenters. The largest absolute Gasteiger partial charge is 0.390 e. The van der Waals surface area contributed by atoms with Gasteiger partial charge in [0.15, 0.2) is 0 Å². The van der Waals surface area contributed by atoms with Crippen molar-refractivity contribution in [3.05, 3.63) is 30.1 Å². The highest BCUT2D eigenvalue weighted by Crippen LogP contribution is 2.25. The van der Waals surface area contributed by atoms with E-state index in [1.165, 1.54) is 0 Å². The van der Waals surface area contributed by atoms with Crippen molar-refractivity contribution >= 4 is 22.7 Å². The number of fused-ring (bicyclic) bond motifs is 1. The van der Waals surface area contributed by atoms with E-state index in [0.717, 1.165) is 21.8 Å². The lowest BCUT2D eigenvalue weighted by molar-refractivity contribution is 0.0152. The Morgan fingerprint density at radius 2 is 2.00 bits per heavy atom. The molecule has 2 rings (SSSR count). The second-order valence-electron chi connectivity index (χ2n) is 4.94. The minimum absolute atomic E-state index is 0.136. The van der Waals surface area contributed by atoms with E-state index in [4.69, 9.17) is 4.74 Å². The third kappa shape index (κ3) is 4.16. The van der Waals surface area contributed by atoms with Gasteiger partial charge in [-0.1, -0.05) is 18.2 Å². The van der Waals surface area contributed by atoms with Gasteiger partial charge >= 0.3 is 0 Å². The Morgan fingerprint density at radius 1 is 1.25 bits per heavy atom. The van der Waals surface area contributed by atoms with Crippen LogP contribution in [0, 0.1) is 6.92 Å². The summed E-state index contributed by atoms with van der Waals surface area (Å²) in [6.07, 6.45) is -0.354. The molecule has 0 spiro atoms. The fourth-order valence-electron chi connectivity index (χ4n) is 1.80. The lowest BCUT2D eigenvalue weighted by Gasteiger charge is -2.13. The molecule has 0 aliphatic rings. The molecule has 20 heavy (non-hydrogen) atoms. The lowest BCUT2D eigenvalue weighted by Crippen LogP contribution is -2.20. The highest BCUT2D eigenvalue weighted by Gasteiger charge is 2.10. The average Bonchev–Trinajstić information content (AvgIpc) is 2.42. The van der Waals surface area contributed by atoms with E-state index in [0.29, 0.717) is 12.4 Å². The standard InChI is InChI=1S/C15H20N2O2S/c1-10(2)19-8-12(18)9-20-15-13-6-4-5-7-14(13)16-11(3)17-15/h4-7,10,12,18H,8-9H2,1-3H3. The van der Waals surface area contributed by atoms with Crippen LogP contribution in [0.1, 0.15) is 19.7 Å². The fourth-order valence-corrected chi connectivity index (χ4v) is 2.77. The van der Waals surface area contributed by atoms with Crippen molar-refractivity contribution in [2.24, 2.45) is 0 Å². The molecule has 0 aliphatic heterocycles. The number of aliphatic hydroxyl groups excluding tert-OH is 1. The van der Waals surface area contributed by atoms with Gasteiger partial charge in [-0.05, 0) is 26.8 Å². The number of thioether (sulfide) groups is 1. The molecule has 0 aliphatic carbocycles. The first-order valence-corrected chi connectivity index (χ1v) is 7.70. The van der Waals surface area contributed by atoms with Crippen molar-refractivity contribution in [1.82, 2.24) is 9.97 Å². The predicted molar refractivity (Wildman–Crippen MR) is 82.1 cm³/mol. The van der Waals surface area contributed by atoms with Gasteiger partial charge in [-0.2, -0.15) is 0 Å². The molecule has 0 radical (unpaired) electrons. The molecule has 0 bridgehead atoms. The lowest BCUT2D eigenvalue weighted by atomic mass is 10.2. The Morgan fingerprint density at radius 3 is 2.75 bits per heavy atom. The maximum Gasteiger partial charge on any atom is 0.127 e. The van der Waals surface area contributed by atoms with Crippen molar-refractivity contribution < 1.29 is 9.84 Å². The van der Waals surface area contributed by atoms with E-state index in [-0.39, 0.29) is 6.10 Å². The smallest absolute Gasteiger partial charge is 0.127 e. The van der Waals surface area contributed by atoms with Gasteiger partial charge in [0.05, 0.1) is 24.3 Å². The monoisotopic (exact) mass is 292 g/mol. The summed E-state index contributed by atoms with van der Waals surface area (Å²) >= 11 is 1.54. The topological polar surface area (TPSA) is 55.2 Å². The Kier molecular flexibility index (Phi) is 5.34. The Labute approximate surface area is 123 Å². The van der Waals surface area contributed by atoms with Crippen molar-refractivity contribution in [2.45, 2.75) is 38.0 Å². The summed E-state index contributed by atoms with van der Waals surface area (Å²) in [5.74, 6) is 1.31. The van der Waals surface area contributed by atoms with Crippen LogP contribution in [-0.4, -0.2) is 39.6 Å². The molecule has 0 saturated carbocycles. The maximum absolute atomic E-state index is 9.91. The van der Waals surface area contributed by atoms with Crippen LogP contribution in [0.2, 0.25) is 0 Å². The first-order chi connectivity index (χ1) is 9.56. The number of ether oxygens (including phenoxy) is 1. The molecule has 1 aromatic carbocycles. The number of hydrogen-bond donors (Lipinski definition) is 1. The third-order valence-electron chi connectivity index (χ3n) is 2.71. The van der Waals surface area contributed by atoms with Crippen LogP contribution >= 0.6 is 11.8 Å². The van der Waals surface area contributed by atoms with E-state index in [1.807, 2.05) is 45.0 Å². The molecule has 4 nitrogen and oxygen atoms in total. The van der Waals surface area contributed by atoms with Gasteiger partial charge in [-0.3, -0.25) is 0 Å². The predicted octanol–water partition coefficient (Wildman–Crippen LogP) is 2.82. The van der Waals surface area contributed by atoms with Gasteiger partial charge in [0, 0.05) is 11.1 Å². The van der Waals surface area contributed by atoms with Crippen LogP contribution in [0.5, 0.6) is 0 Å². The van der Waals surface area contributed by atoms with Crippen molar-refractivity contribution in [3.63, 3.8) is 0 Å². The molecule has 0 fully saturated rings. The number of aliphatic hydroxyl groups is 1. The van der Waals surface area contributed by atoms with Crippen molar-refractivity contribution in [3.8, 4) is 0 Å². The Bertz CT molecular complexity index is 575. The molecule has 0 saturated heterocycles. The number of rotatable bonds is 6. The Hall–Kier alpha value is -1.17. The van der Waals surface area contributed by atoms with Crippen LogP contribution in [-0.2, 0) is 4.74 Å². The molecule has 1 heterocycles. The third-order valence-corrected chi connectivity index (χ3v) is 3.85. The van der Waals surface area contributed by atoms with E-state index in [2.05, 4.69) is 9.97 Å². The summed E-state index contributed by atoms with van der Waals surface area (Å²) in [5.41, 5.74) is 0.940. The van der Waals surface area contributed by atoms with Gasteiger partial charge in [0.25, 0.3) is 0 Å². The van der Waals surface area contributed by atoms with E-state index < -0.39 is 6.10 Å². The zero-order valence-corrected chi connectivity index (χ0v) is 12.9. The van der Waals surface area contributed by atoms with Crippen LogP contribution in [0.25, 0.3) is 10.9 Å². The fraction of sp³-hybridized carbons (Fsp3) is 0.467. The summed E-state index contributed by atoms with van der Waals surface area (Å²) in [5, 5.41) is 11.9. The number of aromatic nitrogens is 2. The molecular formula is C15H20N2O2S. The van der Waals surface area contributed by atoms with Crippen LogP contribution in [0.4, 0.5) is 0 Å². The molecule has 1 atom stereocenters. The number of aryl methyl sites for hydroxylation is 1. The van der Waals surface area contributed by atoms with Crippen LogP contribution < -0.4 is 0 Å². The van der Waals surface area contributed by atoms with Gasteiger partial charge in [0.1, 0.15) is 10.9 Å². The van der Waals surface area contributed by atoms with Crippen molar-refractivity contribution in [2.75, 3.05) is 12.4 Å². The van der Waals surface area contributed by atoms with Gasteiger partial charge in [-0.15, -0.1) is 11.8 Å². The quantitative estimate of drug-likeness (QED) is 0.655. The number of para-hydroxylation sites is 1. The van der Waals surface area contributed by atoms with Crippen LogP contribution in [0.3, 0.4) is 0 Å². The normalized spacial score (nSPS) is 13.1. The number of nitrogens with zero attached hydrogens (tertiary/aromatic N) is 2. The molecule has 2 aromatic rings. The minimum atomic E-state index is -0.489. The zero-order valence-electron chi connectivity index (χ0n) is 12.0. The van der Waals surface area contributed by atoms with E-state index >= 15 is 0 Å². The molecule has 0 amide bonds. The SMILES string of the molecule is Cc1nc(SCC(O)COC(C)C)c2ccccc2n1.